The van der Waals surface area contributed by atoms with E-state index < -0.39 is 6.04 Å². The molecule has 0 heterocycles. The molecule has 1 amide bonds. The molecular weight excluding hydrogens is 291 g/mol. The summed E-state index contributed by atoms with van der Waals surface area (Å²) in [5.41, 5.74) is 1.75. The summed E-state index contributed by atoms with van der Waals surface area (Å²) < 4.78 is 13.5. The highest BCUT2D eigenvalue weighted by Crippen LogP contribution is 2.17. The number of nitrogens with one attached hydrogen (secondary N) is 2. The third-order valence-corrected chi connectivity index (χ3v) is 3.28. The molecule has 0 saturated heterocycles. The molecule has 0 aliphatic heterocycles. The molecule has 2 aromatic rings. The molecule has 0 bridgehead atoms. The summed E-state index contributed by atoms with van der Waals surface area (Å²) in [4.78, 5) is 12.1. The van der Waals surface area contributed by atoms with Gasteiger partial charge in [0, 0.05) is 16.4 Å². The lowest BCUT2D eigenvalue weighted by atomic mass is 10.2. The first-order valence-corrected chi connectivity index (χ1v) is 6.92. The van der Waals surface area contributed by atoms with Gasteiger partial charge in [-0.15, -0.1) is 0 Å². The number of rotatable bonds is 4. The van der Waals surface area contributed by atoms with Crippen molar-refractivity contribution in [1.29, 1.82) is 0 Å². The molecule has 2 rings (SSSR count). The molecule has 21 heavy (non-hydrogen) atoms. The second kappa shape index (κ2) is 6.59. The number of carbonyl (C=O) groups is 1. The molecule has 3 nitrogen and oxygen atoms in total. The number of hydrogen-bond acceptors (Lipinski definition) is 2. The Morgan fingerprint density at radius 3 is 2.62 bits per heavy atom. The van der Waals surface area contributed by atoms with Crippen LogP contribution in [0.3, 0.4) is 0 Å². The quantitative estimate of drug-likeness (QED) is 0.887. The van der Waals surface area contributed by atoms with E-state index in [1.54, 1.807) is 50.2 Å². The molecular formula is C16H16ClFN2O. The fourth-order valence-corrected chi connectivity index (χ4v) is 2.01. The summed E-state index contributed by atoms with van der Waals surface area (Å²) in [6, 6.07) is 11.2. The number of halogens is 2. The van der Waals surface area contributed by atoms with Gasteiger partial charge >= 0.3 is 0 Å². The molecule has 110 valence electrons. The average molecular weight is 307 g/mol. The number of carbonyl (C=O) groups excluding carboxylic acids is 1. The number of amides is 1. The summed E-state index contributed by atoms with van der Waals surface area (Å²) in [5, 5.41) is 6.26. The monoisotopic (exact) mass is 306 g/mol. The van der Waals surface area contributed by atoms with E-state index in [0.717, 1.165) is 0 Å². The van der Waals surface area contributed by atoms with Crippen molar-refractivity contribution in [2.45, 2.75) is 19.9 Å². The van der Waals surface area contributed by atoms with Crippen LogP contribution in [0.4, 0.5) is 15.8 Å². The Labute approximate surface area is 128 Å². The minimum absolute atomic E-state index is 0.224. The van der Waals surface area contributed by atoms with Gasteiger partial charge < -0.3 is 10.6 Å². The molecule has 0 saturated carbocycles. The Kier molecular flexibility index (Phi) is 4.81. The number of hydrogen-bond donors (Lipinski definition) is 2. The van der Waals surface area contributed by atoms with Crippen molar-refractivity contribution < 1.29 is 9.18 Å². The lowest BCUT2D eigenvalue weighted by Gasteiger charge is -2.15. The van der Waals surface area contributed by atoms with Gasteiger partial charge in [0.25, 0.3) is 0 Å². The van der Waals surface area contributed by atoms with E-state index in [-0.39, 0.29) is 11.7 Å². The average Bonchev–Trinajstić information content (AvgIpc) is 2.43. The lowest BCUT2D eigenvalue weighted by Crippen LogP contribution is -2.31. The minimum atomic E-state index is -0.508. The molecule has 0 spiro atoms. The summed E-state index contributed by atoms with van der Waals surface area (Å²) in [6.07, 6.45) is 0. The van der Waals surface area contributed by atoms with Crippen molar-refractivity contribution in [2.24, 2.45) is 0 Å². The van der Waals surface area contributed by atoms with Crippen LogP contribution in [0.2, 0.25) is 5.02 Å². The summed E-state index contributed by atoms with van der Waals surface area (Å²) >= 11 is 5.86. The minimum Gasteiger partial charge on any atom is -0.374 e. The van der Waals surface area contributed by atoms with Gasteiger partial charge in [0.05, 0.1) is 0 Å². The van der Waals surface area contributed by atoms with Gasteiger partial charge in [0.15, 0.2) is 0 Å². The number of benzene rings is 2. The van der Waals surface area contributed by atoms with Crippen molar-refractivity contribution in [2.75, 3.05) is 10.6 Å². The maximum atomic E-state index is 13.5. The Bertz CT molecular complexity index is 660. The summed E-state index contributed by atoms with van der Waals surface area (Å²) in [5.74, 6) is -0.527. The zero-order chi connectivity index (χ0) is 15.4. The molecule has 0 radical (unpaired) electrons. The normalized spacial score (nSPS) is 11.8. The molecule has 2 aromatic carbocycles. The fourth-order valence-electron chi connectivity index (χ4n) is 1.81. The van der Waals surface area contributed by atoms with Gasteiger partial charge in [-0.3, -0.25) is 4.79 Å². The topological polar surface area (TPSA) is 41.1 Å². The molecule has 1 unspecified atom stereocenters. The fraction of sp³-hybridized carbons (Fsp3) is 0.188. The van der Waals surface area contributed by atoms with Gasteiger partial charge in [-0.1, -0.05) is 23.7 Å². The van der Waals surface area contributed by atoms with Crippen LogP contribution in [-0.2, 0) is 4.79 Å². The molecule has 1 atom stereocenters. The van der Waals surface area contributed by atoms with Crippen LogP contribution in [0.25, 0.3) is 0 Å². The highest BCUT2D eigenvalue weighted by atomic mass is 35.5. The molecule has 0 aromatic heterocycles. The van der Waals surface area contributed by atoms with E-state index in [4.69, 9.17) is 11.6 Å². The molecule has 0 aliphatic rings. The first kappa shape index (κ1) is 15.3. The zero-order valence-electron chi connectivity index (χ0n) is 11.8. The third kappa shape index (κ3) is 4.20. The zero-order valence-corrected chi connectivity index (χ0v) is 12.5. The second-order valence-electron chi connectivity index (χ2n) is 4.83. The highest BCUT2D eigenvalue weighted by Gasteiger charge is 2.13. The Balaban J connectivity index is 2.00. The summed E-state index contributed by atoms with van der Waals surface area (Å²) in [6.45, 7) is 3.39. The first-order valence-electron chi connectivity index (χ1n) is 6.55. The largest absolute Gasteiger partial charge is 0.374 e. The van der Waals surface area contributed by atoms with Gasteiger partial charge in [0.1, 0.15) is 11.9 Å². The standard InChI is InChI=1S/C16H16ClFN2O/c1-10-6-7-14(9-15(10)18)19-11(2)16(21)20-13-5-3-4-12(17)8-13/h3-9,11,19H,1-2H3,(H,20,21). The Morgan fingerprint density at radius 1 is 1.19 bits per heavy atom. The first-order chi connectivity index (χ1) is 9.95. The van der Waals surface area contributed by atoms with Crippen LogP contribution >= 0.6 is 11.6 Å². The number of anilines is 2. The molecule has 0 fully saturated rings. The van der Waals surface area contributed by atoms with Gasteiger partial charge in [-0.25, -0.2) is 4.39 Å². The van der Waals surface area contributed by atoms with E-state index >= 15 is 0 Å². The molecule has 5 heteroatoms. The Morgan fingerprint density at radius 2 is 1.95 bits per heavy atom. The van der Waals surface area contributed by atoms with Crippen LogP contribution in [0.15, 0.2) is 42.5 Å². The SMILES string of the molecule is Cc1ccc(NC(C)C(=O)Nc2cccc(Cl)c2)cc1F. The maximum absolute atomic E-state index is 13.5. The lowest BCUT2D eigenvalue weighted by molar-refractivity contribution is -0.116. The van der Waals surface area contributed by atoms with Crippen molar-refractivity contribution >= 4 is 28.9 Å². The number of aryl methyl sites for hydroxylation is 1. The van der Waals surface area contributed by atoms with E-state index in [9.17, 15) is 9.18 Å². The van der Waals surface area contributed by atoms with Crippen molar-refractivity contribution in [1.82, 2.24) is 0 Å². The third-order valence-electron chi connectivity index (χ3n) is 3.04. The van der Waals surface area contributed by atoms with Crippen LogP contribution in [0, 0.1) is 12.7 Å². The summed E-state index contributed by atoms with van der Waals surface area (Å²) in [7, 11) is 0. The molecule has 0 aliphatic carbocycles. The van der Waals surface area contributed by atoms with Crippen LogP contribution in [0.1, 0.15) is 12.5 Å². The van der Waals surface area contributed by atoms with E-state index in [1.807, 2.05) is 0 Å². The smallest absolute Gasteiger partial charge is 0.246 e. The Hall–Kier alpha value is -2.07. The van der Waals surface area contributed by atoms with E-state index in [0.29, 0.717) is 22.0 Å². The van der Waals surface area contributed by atoms with Gasteiger partial charge in [0.2, 0.25) is 5.91 Å². The van der Waals surface area contributed by atoms with Gasteiger partial charge in [-0.05, 0) is 49.7 Å². The van der Waals surface area contributed by atoms with Gasteiger partial charge in [-0.2, -0.15) is 0 Å². The van der Waals surface area contributed by atoms with E-state index in [1.165, 1.54) is 6.07 Å². The van der Waals surface area contributed by atoms with Crippen LogP contribution < -0.4 is 10.6 Å². The maximum Gasteiger partial charge on any atom is 0.246 e. The second-order valence-corrected chi connectivity index (χ2v) is 5.27. The van der Waals surface area contributed by atoms with Crippen LogP contribution in [0.5, 0.6) is 0 Å². The van der Waals surface area contributed by atoms with Crippen LogP contribution in [-0.4, -0.2) is 11.9 Å². The van der Waals surface area contributed by atoms with Crippen molar-refractivity contribution in [3.63, 3.8) is 0 Å². The predicted octanol–water partition coefficient (Wildman–Crippen LogP) is 4.23. The predicted molar refractivity (Wildman–Crippen MR) is 84.3 cm³/mol. The molecule has 2 N–H and O–H groups in total. The highest BCUT2D eigenvalue weighted by molar-refractivity contribution is 6.30. The van der Waals surface area contributed by atoms with Crippen molar-refractivity contribution in [3.8, 4) is 0 Å². The van der Waals surface area contributed by atoms with Crippen molar-refractivity contribution in [3.05, 3.63) is 58.9 Å². The van der Waals surface area contributed by atoms with E-state index in [2.05, 4.69) is 10.6 Å².